The smallest absolute Gasteiger partial charge is 0.313 e. The Balaban J connectivity index is 4.12. The van der Waals surface area contributed by atoms with Crippen molar-refractivity contribution in [2.75, 3.05) is 7.11 Å². The predicted molar refractivity (Wildman–Crippen MR) is 68.5 cm³/mol. The first kappa shape index (κ1) is 15.6. The number of ether oxygens (including phenoxy) is 1. The molecule has 96 valence electrons. The van der Waals surface area contributed by atoms with Gasteiger partial charge in [-0.15, -0.1) is 0 Å². The average molecular weight is 238 g/mol. The van der Waals surface area contributed by atoms with Gasteiger partial charge in [0.15, 0.2) is 0 Å². The molecule has 0 aliphatic heterocycles. The molecule has 3 heteroatoms. The van der Waals surface area contributed by atoms with E-state index in [-0.39, 0.29) is 12.2 Å². The number of esters is 1. The van der Waals surface area contributed by atoms with Crippen LogP contribution in [-0.2, 0) is 14.3 Å². The molecule has 0 aromatic rings. The third-order valence-electron chi connectivity index (χ3n) is 2.68. The van der Waals surface area contributed by atoms with Crippen molar-refractivity contribution in [3.8, 4) is 0 Å². The Morgan fingerprint density at radius 2 is 2.00 bits per heavy atom. The lowest BCUT2D eigenvalue weighted by Crippen LogP contribution is -2.12. The highest BCUT2D eigenvalue weighted by Crippen LogP contribution is 2.19. The van der Waals surface area contributed by atoms with Crippen LogP contribution in [0.3, 0.4) is 0 Å². The lowest BCUT2D eigenvalue weighted by Gasteiger charge is -2.15. The first-order valence-corrected chi connectivity index (χ1v) is 5.89. The first-order valence-electron chi connectivity index (χ1n) is 5.89. The average Bonchev–Trinajstić information content (AvgIpc) is 2.28. The number of carbonyl (C=O) groups is 2. The van der Waals surface area contributed by atoms with Gasteiger partial charge in [0, 0.05) is 6.42 Å². The molecular weight excluding hydrogens is 216 g/mol. The van der Waals surface area contributed by atoms with Crippen molar-refractivity contribution in [3.63, 3.8) is 0 Å². The van der Waals surface area contributed by atoms with Crippen molar-refractivity contribution in [2.45, 2.75) is 33.1 Å². The number of rotatable bonds is 8. The Morgan fingerprint density at radius 3 is 2.47 bits per heavy atom. The van der Waals surface area contributed by atoms with Crippen LogP contribution in [0.25, 0.3) is 0 Å². The fourth-order valence-corrected chi connectivity index (χ4v) is 1.52. The minimum Gasteiger partial charge on any atom is -0.469 e. The number of hydrogen-bond donors (Lipinski definition) is 0. The number of carbonyl (C=O) groups excluding carboxylic acids is 2. The summed E-state index contributed by atoms with van der Waals surface area (Å²) in [5.74, 6) is 0.291. The zero-order valence-corrected chi connectivity index (χ0v) is 10.9. The molecular formula is C14H22O3. The van der Waals surface area contributed by atoms with E-state index in [0.717, 1.165) is 6.42 Å². The normalized spacial score (nSPS) is 12.7. The summed E-state index contributed by atoms with van der Waals surface area (Å²) in [5.41, 5.74) is 0. The molecule has 0 aliphatic rings. The summed E-state index contributed by atoms with van der Waals surface area (Å²) in [6.45, 7) is 7.85. The topological polar surface area (TPSA) is 43.4 Å². The predicted octanol–water partition coefficient (Wildman–Crippen LogP) is 2.91. The highest BCUT2D eigenvalue weighted by atomic mass is 16.5. The third-order valence-corrected chi connectivity index (χ3v) is 2.68. The van der Waals surface area contributed by atoms with Crippen LogP contribution in [0.4, 0.5) is 0 Å². The van der Waals surface area contributed by atoms with Crippen LogP contribution in [0, 0.1) is 11.8 Å². The molecule has 0 rings (SSSR count). The molecule has 0 aromatic heterocycles. The van der Waals surface area contributed by atoms with Gasteiger partial charge >= 0.3 is 5.97 Å². The third kappa shape index (κ3) is 7.50. The number of allylic oxidation sites excluding steroid dienone is 3. The van der Waals surface area contributed by atoms with Gasteiger partial charge in [-0.25, -0.2) is 0 Å². The maximum Gasteiger partial charge on any atom is 0.313 e. The van der Waals surface area contributed by atoms with E-state index in [2.05, 4.69) is 31.2 Å². The molecule has 0 spiro atoms. The molecule has 0 aliphatic carbocycles. The molecule has 1 atom stereocenters. The highest BCUT2D eigenvalue weighted by Gasteiger charge is 2.14. The maximum atomic E-state index is 11.5. The molecule has 0 bridgehead atoms. The van der Waals surface area contributed by atoms with E-state index in [9.17, 15) is 9.59 Å². The molecule has 0 fully saturated rings. The van der Waals surface area contributed by atoms with Crippen LogP contribution in [0.5, 0.6) is 0 Å². The van der Waals surface area contributed by atoms with Crippen molar-refractivity contribution in [2.24, 2.45) is 11.8 Å². The minimum absolute atomic E-state index is 0.0606. The fraction of sp³-hybridized carbons (Fsp3) is 0.571. The van der Waals surface area contributed by atoms with Gasteiger partial charge in [0.05, 0.1) is 7.11 Å². The van der Waals surface area contributed by atoms with Crippen molar-refractivity contribution in [1.29, 1.82) is 0 Å². The van der Waals surface area contributed by atoms with Gasteiger partial charge in [0.1, 0.15) is 12.2 Å². The Hall–Kier alpha value is -1.38. The van der Waals surface area contributed by atoms with Crippen LogP contribution < -0.4 is 0 Å². The van der Waals surface area contributed by atoms with E-state index in [1.807, 2.05) is 6.08 Å². The summed E-state index contributed by atoms with van der Waals surface area (Å²) in [6, 6.07) is 0. The number of ketones is 1. The summed E-state index contributed by atoms with van der Waals surface area (Å²) in [5, 5.41) is 0. The van der Waals surface area contributed by atoms with Gasteiger partial charge in [-0.2, -0.15) is 0 Å². The highest BCUT2D eigenvalue weighted by molar-refractivity contribution is 5.95. The number of methoxy groups -OCH3 is 1. The summed E-state index contributed by atoms with van der Waals surface area (Å²) < 4.78 is 4.45. The lowest BCUT2D eigenvalue weighted by atomic mass is 9.89. The van der Waals surface area contributed by atoms with Crippen molar-refractivity contribution in [1.82, 2.24) is 0 Å². The molecule has 17 heavy (non-hydrogen) atoms. The van der Waals surface area contributed by atoms with Crippen molar-refractivity contribution >= 4 is 11.8 Å². The molecule has 3 nitrogen and oxygen atoms in total. The van der Waals surface area contributed by atoms with E-state index in [4.69, 9.17) is 0 Å². The van der Waals surface area contributed by atoms with Gasteiger partial charge in [-0.05, 0) is 18.3 Å². The van der Waals surface area contributed by atoms with E-state index < -0.39 is 5.97 Å². The zero-order valence-electron chi connectivity index (χ0n) is 10.9. The monoisotopic (exact) mass is 238 g/mol. The molecule has 0 radical (unpaired) electrons. The Kier molecular flexibility index (Phi) is 8.03. The van der Waals surface area contributed by atoms with E-state index in [0.29, 0.717) is 18.3 Å². The van der Waals surface area contributed by atoms with Gasteiger partial charge in [0.2, 0.25) is 0 Å². The summed E-state index contributed by atoms with van der Waals surface area (Å²) in [7, 11) is 1.29. The quantitative estimate of drug-likeness (QED) is 0.371. The number of Topliss-reactive ketones (excluding diaryl/α,β-unsaturated/α-hetero) is 1. The Morgan fingerprint density at radius 1 is 1.35 bits per heavy atom. The Bertz CT molecular complexity index is 290. The standard InChI is InChI=1S/C14H22O3/c1-5-6-7-12(11(2)3)8-9-13(15)10-14(16)17-4/h5-7,11-12H,1,8-10H2,2-4H3/b7-6-/t12-/m1/s1. The lowest BCUT2D eigenvalue weighted by molar-refractivity contribution is -0.143. The van der Waals surface area contributed by atoms with E-state index in [1.165, 1.54) is 7.11 Å². The van der Waals surface area contributed by atoms with Crippen LogP contribution >= 0.6 is 0 Å². The summed E-state index contributed by atoms with van der Waals surface area (Å²) in [4.78, 5) is 22.4. The Labute approximate surface area is 104 Å². The first-order chi connectivity index (χ1) is 8.01. The molecule has 0 amide bonds. The van der Waals surface area contributed by atoms with Gasteiger partial charge in [0.25, 0.3) is 0 Å². The SMILES string of the molecule is C=C/C=C\[C@H](CCC(=O)CC(=O)OC)C(C)C. The van der Waals surface area contributed by atoms with Crippen molar-refractivity contribution in [3.05, 3.63) is 24.8 Å². The summed E-state index contributed by atoms with van der Waals surface area (Å²) >= 11 is 0. The van der Waals surface area contributed by atoms with Crippen molar-refractivity contribution < 1.29 is 14.3 Å². The molecule has 0 saturated heterocycles. The largest absolute Gasteiger partial charge is 0.469 e. The molecule has 0 N–H and O–H groups in total. The molecule has 0 saturated carbocycles. The van der Waals surface area contributed by atoms with Gasteiger partial charge in [-0.1, -0.05) is 38.7 Å². The fourth-order valence-electron chi connectivity index (χ4n) is 1.52. The maximum absolute atomic E-state index is 11.5. The van der Waals surface area contributed by atoms with E-state index >= 15 is 0 Å². The van der Waals surface area contributed by atoms with Crippen LogP contribution in [-0.4, -0.2) is 18.9 Å². The second-order valence-corrected chi connectivity index (χ2v) is 4.36. The van der Waals surface area contributed by atoms with E-state index in [1.54, 1.807) is 6.08 Å². The molecule has 0 aromatic carbocycles. The second kappa shape index (κ2) is 8.74. The van der Waals surface area contributed by atoms with Gasteiger partial charge < -0.3 is 4.74 Å². The van der Waals surface area contributed by atoms with Gasteiger partial charge in [-0.3, -0.25) is 9.59 Å². The van der Waals surface area contributed by atoms with Crippen LogP contribution in [0.1, 0.15) is 33.1 Å². The number of hydrogen-bond acceptors (Lipinski definition) is 3. The van der Waals surface area contributed by atoms with Crippen LogP contribution in [0.15, 0.2) is 24.8 Å². The second-order valence-electron chi connectivity index (χ2n) is 4.36. The molecule has 0 heterocycles. The molecule has 0 unspecified atom stereocenters. The zero-order chi connectivity index (χ0) is 13.3. The summed E-state index contributed by atoms with van der Waals surface area (Å²) in [6.07, 6.45) is 6.74. The minimum atomic E-state index is -0.460. The van der Waals surface area contributed by atoms with Crippen LogP contribution in [0.2, 0.25) is 0 Å².